The van der Waals surface area contributed by atoms with Crippen molar-refractivity contribution in [1.29, 1.82) is 0 Å². The molecule has 1 aliphatic heterocycles. The first-order chi connectivity index (χ1) is 6.63. The SMILES string of the molecule is COC1OC(=O)C=C1CCC=C(C)C. The first-order valence-corrected chi connectivity index (χ1v) is 4.70. The standard InChI is InChI=1S/C11H16O3/c1-8(2)5-4-6-9-7-10(12)14-11(9)13-3/h5,7,11H,4,6H2,1-3H3. The molecule has 0 spiro atoms. The fourth-order valence-electron chi connectivity index (χ4n) is 1.35. The fourth-order valence-corrected chi connectivity index (χ4v) is 1.35. The lowest BCUT2D eigenvalue weighted by Gasteiger charge is -2.10. The molecule has 1 heterocycles. The van der Waals surface area contributed by atoms with Crippen LogP contribution in [-0.2, 0) is 14.3 Å². The van der Waals surface area contributed by atoms with Crippen LogP contribution in [0.2, 0.25) is 0 Å². The van der Waals surface area contributed by atoms with Gasteiger partial charge in [-0.15, -0.1) is 0 Å². The molecule has 0 amide bonds. The second-order valence-corrected chi connectivity index (χ2v) is 3.54. The molecule has 0 saturated heterocycles. The number of carbonyl (C=O) groups is 1. The molecule has 1 atom stereocenters. The zero-order chi connectivity index (χ0) is 10.6. The summed E-state index contributed by atoms with van der Waals surface area (Å²) in [5.41, 5.74) is 2.21. The van der Waals surface area contributed by atoms with Gasteiger partial charge in [0.15, 0.2) is 0 Å². The third-order valence-corrected chi connectivity index (χ3v) is 2.03. The Morgan fingerprint density at radius 2 is 2.36 bits per heavy atom. The summed E-state index contributed by atoms with van der Waals surface area (Å²) in [5.74, 6) is -0.302. The Kier molecular flexibility index (Phi) is 3.89. The van der Waals surface area contributed by atoms with Crippen LogP contribution in [0.1, 0.15) is 26.7 Å². The van der Waals surface area contributed by atoms with Crippen molar-refractivity contribution in [2.24, 2.45) is 0 Å². The first kappa shape index (κ1) is 11.0. The molecule has 3 heteroatoms. The van der Waals surface area contributed by atoms with Gasteiger partial charge in [0.05, 0.1) is 0 Å². The van der Waals surface area contributed by atoms with E-state index in [0.717, 1.165) is 18.4 Å². The quantitative estimate of drug-likeness (QED) is 0.510. The van der Waals surface area contributed by atoms with Crippen molar-refractivity contribution in [3.8, 4) is 0 Å². The van der Waals surface area contributed by atoms with E-state index in [1.165, 1.54) is 18.8 Å². The van der Waals surface area contributed by atoms with Crippen LogP contribution >= 0.6 is 0 Å². The zero-order valence-electron chi connectivity index (χ0n) is 8.87. The highest BCUT2D eigenvalue weighted by molar-refractivity contribution is 5.85. The molecule has 0 aliphatic carbocycles. The minimum atomic E-state index is -0.465. The number of methoxy groups -OCH3 is 1. The maximum atomic E-state index is 10.9. The third kappa shape index (κ3) is 3.00. The lowest BCUT2D eigenvalue weighted by atomic mass is 10.1. The van der Waals surface area contributed by atoms with Gasteiger partial charge in [-0.3, -0.25) is 0 Å². The Morgan fingerprint density at radius 3 is 2.93 bits per heavy atom. The molecule has 0 aromatic heterocycles. The summed E-state index contributed by atoms with van der Waals surface area (Å²) in [6.07, 6.45) is 4.93. The van der Waals surface area contributed by atoms with Crippen molar-refractivity contribution in [3.63, 3.8) is 0 Å². The number of hydrogen-bond acceptors (Lipinski definition) is 3. The number of rotatable bonds is 4. The van der Waals surface area contributed by atoms with Crippen LogP contribution in [0.3, 0.4) is 0 Å². The van der Waals surface area contributed by atoms with Gasteiger partial charge in [0, 0.05) is 18.8 Å². The van der Waals surface area contributed by atoms with Crippen LogP contribution in [0.25, 0.3) is 0 Å². The lowest BCUT2D eigenvalue weighted by Crippen LogP contribution is -2.13. The summed E-state index contributed by atoms with van der Waals surface area (Å²) >= 11 is 0. The first-order valence-electron chi connectivity index (χ1n) is 4.70. The number of hydrogen-bond donors (Lipinski definition) is 0. The van der Waals surface area contributed by atoms with Gasteiger partial charge in [0.1, 0.15) is 0 Å². The number of ether oxygens (including phenoxy) is 2. The van der Waals surface area contributed by atoms with Gasteiger partial charge in [-0.25, -0.2) is 4.79 Å². The lowest BCUT2D eigenvalue weighted by molar-refractivity contribution is -0.155. The topological polar surface area (TPSA) is 35.5 Å². The molecule has 0 N–H and O–H groups in total. The molecule has 3 nitrogen and oxygen atoms in total. The molecule has 1 unspecified atom stereocenters. The number of allylic oxidation sites excluding steroid dienone is 2. The normalized spacial score (nSPS) is 20.4. The predicted octanol–water partition coefficient (Wildman–Crippen LogP) is 2.19. The molecule has 0 saturated carbocycles. The van der Waals surface area contributed by atoms with Crippen molar-refractivity contribution in [3.05, 3.63) is 23.3 Å². The third-order valence-electron chi connectivity index (χ3n) is 2.03. The summed E-state index contributed by atoms with van der Waals surface area (Å²) in [6, 6.07) is 0. The van der Waals surface area contributed by atoms with Crippen LogP contribution in [0.4, 0.5) is 0 Å². The smallest absolute Gasteiger partial charge is 0.333 e. The average molecular weight is 196 g/mol. The Morgan fingerprint density at radius 1 is 1.64 bits per heavy atom. The van der Waals surface area contributed by atoms with Crippen LogP contribution in [0, 0.1) is 0 Å². The van der Waals surface area contributed by atoms with E-state index in [1.807, 2.05) is 0 Å². The van der Waals surface area contributed by atoms with Crippen LogP contribution in [0.15, 0.2) is 23.3 Å². The number of carbonyl (C=O) groups excluding carboxylic acids is 1. The second-order valence-electron chi connectivity index (χ2n) is 3.54. The van der Waals surface area contributed by atoms with Gasteiger partial charge in [-0.2, -0.15) is 0 Å². The molecule has 1 aliphatic rings. The summed E-state index contributed by atoms with van der Waals surface area (Å²) in [5, 5.41) is 0. The molecule has 0 aromatic rings. The molecule has 0 aromatic carbocycles. The highest BCUT2D eigenvalue weighted by Crippen LogP contribution is 2.21. The van der Waals surface area contributed by atoms with Crippen molar-refractivity contribution in [2.75, 3.05) is 7.11 Å². The summed E-state index contributed by atoms with van der Waals surface area (Å²) in [7, 11) is 1.54. The summed E-state index contributed by atoms with van der Waals surface area (Å²) in [4.78, 5) is 10.9. The average Bonchev–Trinajstić information content (AvgIpc) is 2.45. The minimum Gasteiger partial charge on any atom is -0.428 e. The molecular weight excluding hydrogens is 180 g/mol. The molecule has 0 fully saturated rings. The Bertz CT molecular complexity index is 272. The van der Waals surface area contributed by atoms with Crippen molar-refractivity contribution in [1.82, 2.24) is 0 Å². The maximum Gasteiger partial charge on any atom is 0.333 e. The summed E-state index contributed by atoms with van der Waals surface area (Å²) < 4.78 is 9.93. The van der Waals surface area contributed by atoms with Crippen molar-refractivity contribution in [2.45, 2.75) is 33.0 Å². The van der Waals surface area contributed by atoms with Gasteiger partial charge in [-0.05, 0) is 26.7 Å². The fraction of sp³-hybridized carbons (Fsp3) is 0.545. The minimum absolute atomic E-state index is 0.302. The number of cyclic esters (lactones) is 1. The highest BCUT2D eigenvalue weighted by Gasteiger charge is 2.24. The van der Waals surface area contributed by atoms with Crippen LogP contribution in [-0.4, -0.2) is 19.4 Å². The van der Waals surface area contributed by atoms with E-state index < -0.39 is 6.29 Å². The summed E-state index contributed by atoms with van der Waals surface area (Å²) in [6.45, 7) is 4.11. The molecule has 0 radical (unpaired) electrons. The Labute approximate surface area is 84.4 Å². The predicted molar refractivity (Wildman–Crippen MR) is 53.6 cm³/mol. The van der Waals surface area contributed by atoms with Gasteiger partial charge >= 0.3 is 5.97 Å². The monoisotopic (exact) mass is 196 g/mol. The van der Waals surface area contributed by atoms with Crippen molar-refractivity contribution < 1.29 is 14.3 Å². The van der Waals surface area contributed by atoms with E-state index in [0.29, 0.717) is 0 Å². The van der Waals surface area contributed by atoms with Gasteiger partial charge in [0.25, 0.3) is 0 Å². The zero-order valence-corrected chi connectivity index (χ0v) is 8.87. The maximum absolute atomic E-state index is 10.9. The van der Waals surface area contributed by atoms with Crippen molar-refractivity contribution >= 4 is 5.97 Å². The van der Waals surface area contributed by atoms with Crippen LogP contribution < -0.4 is 0 Å². The van der Waals surface area contributed by atoms with Crippen LogP contribution in [0.5, 0.6) is 0 Å². The Balaban J connectivity index is 2.47. The molecule has 14 heavy (non-hydrogen) atoms. The second kappa shape index (κ2) is 4.96. The van der Waals surface area contributed by atoms with Gasteiger partial charge < -0.3 is 9.47 Å². The van der Waals surface area contributed by atoms with Gasteiger partial charge in [0.2, 0.25) is 6.29 Å². The van der Waals surface area contributed by atoms with E-state index in [-0.39, 0.29) is 5.97 Å². The molecule has 78 valence electrons. The van der Waals surface area contributed by atoms with E-state index in [9.17, 15) is 4.79 Å². The Hall–Kier alpha value is -1.09. The largest absolute Gasteiger partial charge is 0.428 e. The van der Waals surface area contributed by atoms with E-state index in [2.05, 4.69) is 19.9 Å². The molecule has 0 bridgehead atoms. The van der Waals surface area contributed by atoms with E-state index >= 15 is 0 Å². The highest BCUT2D eigenvalue weighted by atomic mass is 16.7. The molecular formula is C11H16O3. The molecule has 1 rings (SSSR count). The van der Waals surface area contributed by atoms with E-state index in [4.69, 9.17) is 9.47 Å². The van der Waals surface area contributed by atoms with E-state index in [1.54, 1.807) is 0 Å². The van der Waals surface area contributed by atoms with Gasteiger partial charge in [-0.1, -0.05) is 11.6 Å². The number of esters is 1.